The van der Waals surface area contributed by atoms with Gasteiger partial charge in [-0.1, -0.05) is 74.0 Å². The fourth-order valence-electron chi connectivity index (χ4n) is 13.0. The minimum Gasteiger partial charge on any atom is -0.481 e. The molecular weight excluding hydrogens is 667 g/mol. The highest BCUT2D eigenvalue weighted by Gasteiger charge is 2.72. The Labute approximate surface area is 318 Å². The Balaban J connectivity index is 1.33. The number of hydrogen-bond acceptors (Lipinski definition) is 7. The number of carboxylic acids is 1. The first kappa shape index (κ1) is 39.0. The molecule has 0 unspecified atom stereocenters. The number of amides is 1. The molecule has 10 nitrogen and oxygen atoms in total. The van der Waals surface area contributed by atoms with Crippen LogP contribution in [-0.2, 0) is 14.3 Å². The molecule has 5 fully saturated rings. The van der Waals surface area contributed by atoms with Crippen LogP contribution in [0, 0.1) is 62.6 Å². The van der Waals surface area contributed by atoms with Crippen molar-refractivity contribution in [1.82, 2.24) is 25.4 Å². The van der Waals surface area contributed by atoms with Gasteiger partial charge >= 0.3 is 5.97 Å². The maximum Gasteiger partial charge on any atom is 0.307 e. The Morgan fingerprint density at radius 2 is 1.77 bits per heavy atom. The molecule has 0 spiro atoms. The van der Waals surface area contributed by atoms with Crippen LogP contribution in [0.5, 0.6) is 0 Å². The molecule has 10 heteroatoms. The molecule has 4 saturated carbocycles. The number of nitrogens with zero attached hydrogens (tertiary/aromatic N) is 3. The highest BCUT2D eigenvalue weighted by molar-refractivity contribution is 5.91. The molecule has 1 aromatic heterocycles. The van der Waals surface area contributed by atoms with Crippen LogP contribution in [0.4, 0.5) is 0 Å². The van der Waals surface area contributed by atoms with E-state index in [4.69, 9.17) is 14.6 Å². The summed E-state index contributed by atoms with van der Waals surface area (Å²) < 4.78 is 15.9. The van der Waals surface area contributed by atoms with Crippen molar-refractivity contribution in [2.24, 2.45) is 62.6 Å². The van der Waals surface area contributed by atoms with E-state index in [9.17, 15) is 14.7 Å². The Morgan fingerprint density at radius 1 is 1.06 bits per heavy atom. The Kier molecular flexibility index (Phi) is 9.66. The van der Waals surface area contributed by atoms with Crippen molar-refractivity contribution in [2.45, 2.75) is 144 Å². The standard InChI is InChI=1S/C43H69N5O5/c1-25(2)27(5)38(6)18-19-40(8)29-14-15-32-39(7)21-52-23-43(32,30(29)16-17-41(40,9)33(38)37(50)51)20-31(34(39)53-22-42(10,44-11)26(3)4)48-35(45-24-46-48)36(49)47-28-12-13-28/h16,24-29,31-34,44H,12-15,17-23H2,1-11H3,(H,47,49)(H,50,51)/t27-,29+,31-,32+,33-,34+,38-,39-,40-,41+,42+,43+/m1/s1. The van der Waals surface area contributed by atoms with E-state index in [-0.39, 0.29) is 62.6 Å². The van der Waals surface area contributed by atoms with Crippen LogP contribution < -0.4 is 10.6 Å². The number of aliphatic carboxylic acids is 1. The quantitative estimate of drug-likeness (QED) is 0.202. The van der Waals surface area contributed by atoms with Crippen LogP contribution in [0.2, 0.25) is 0 Å². The van der Waals surface area contributed by atoms with Crippen molar-refractivity contribution < 1.29 is 24.2 Å². The van der Waals surface area contributed by atoms with E-state index >= 15 is 0 Å². The molecule has 2 heterocycles. The molecular formula is C43H69N5O5. The smallest absolute Gasteiger partial charge is 0.307 e. The van der Waals surface area contributed by atoms with Gasteiger partial charge in [0.1, 0.15) is 6.33 Å². The van der Waals surface area contributed by atoms with Gasteiger partial charge in [-0.05, 0) is 111 Å². The van der Waals surface area contributed by atoms with E-state index < -0.39 is 11.9 Å². The minimum absolute atomic E-state index is 0.167. The highest BCUT2D eigenvalue weighted by Crippen LogP contribution is 2.75. The van der Waals surface area contributed by atoms with Gasteiger partial charge in [-0.15, -0.1) is 0 Å². The molecule has 296 valence electrons. The van der Waals surface area contributed by atoms with E-state index in [0.29, 0.717) is 49.3 Å². The summed E-state index contributed by atoms with van der Waals surface area (Å²) in [6, 6.07) is -0.0243. The summed E-state index contributed by atoms with van der Waals surface area (Å²) in [5.74, 6) is 0.723. The molecule has 0 radical (unpaired) electrons. The number of rotatable bonds is 11. The molecule has 6 aliphatic rings. The van der Waals surface area contributed by atoms with Crippen molar-refractivity contribution in [3.63, 3.8) is 0 Å². The molecule has 1 aromatic rings. The van der Waals surface area contributed by atoms with Crippen LogP contribution >= 0.6 is 0 Å². The van der Waals surface area contributed by atoms with E-state index in [2.05, 4.69) is 90.9 Å². The zero-order chi connectivity index (χ0) is 38.5. The lowest BCUT2D eigenvalue weighted by molar-refractivity contribution is -0.253. The molecule has 1 amide bonds. The van der Waals surface area contributed by atoms with Crippen molar-refractivity contribution in [3.05, 3.63) is 23.8 Å². The molecule has 5 aliphatic carbocycles. The monoisotopic (exact) mass is 736 g/mol. The lowest BCUT2D eigenvalue weighted by Gasteiger charge is -2.71. The van der Waals surface area contributed by atoms with Gasteiger partial charge in [-0.25, -0.2) is 9.67 Å². The van der Waals surface area contributed by atoms with E-state index in [1.807, 2.05) is 11.7 Å². The maximum absolute atomic E-state index is 13.7. The number of ether oxygens (including phenoxy) is 2. The van der Waals surface area contributed by atoms with Gasteiger partial charge in [-0.3, -0.25) is 9.59 Å². The van der Waals surface area contributed by atoms with Gasteiger partial charge in [0.2, 0.25) is 5.82 Å². The van der Waals surface area contributed by atoms with Crippen LogP contribution in [0.1, 0.15) is 137 Å². The number of carbonyl (C=O) groups excluding carboxylic acids is 1. The van der Waals surface area contributed by atoms with Crippen molar-refractivity contribution in [3.8, 4) is 0 Å². The summed E-state index contributed by atoms with van der Waals surface area (Å²) in [4.78, 5) is 31.8. The van der Waals surface area contributed by atoms with Crippen LogP contribution in [0.15, 0.2) is 18.0 Å². The SMILES string of the molecule is CN[C@@](C)(CO[C@H]1[C@H](n2ncnc2C(=O)NC2CC2)C[C@@]23COC[C@]1(C)[C@@H]2CC[C@H]1C3=CC[C@@]2(C)[C@H](C(=O)O)[C@@](C)([C@H](C)C(C)C)CC[C@]12C)C(C)C. The molecule has 1 saturated heterocycles. The number of hydrogen-bond donors (Lipinski definition) is 3. The van der Waals surface area contributed by atoms with Crippen LogP contribution in [-0.4, -0.2) is 76.3 Å². The minimum atomic E-state index is -0.637. The molecule has 2 bridgehead atoms. The highest BCUT2D eigenvalue weighted by atomic mass is 16.5. The van der Waals surface area contributed by atoms with E-state index in [1.165, 1.54) is 11.9 Å². The summed E-state index contributed by atoms with van der Waals surface area (Å²) in [5, 5.41) is 22.7. The fraction of sp³-hybridized carbons (Fsp3) is 0.860. The van der Waals surface area contributed by atoms with Gasteiger partial charge in [0.25, 0.3) is 5.91 Å². The van der Waals surface area contributed by atoms with Gasteiger partial charge in [0.05, 0.1) is 37.9 Å². The average molecular weight is 736 g/mol. The third-order valence-corrected chi connectivity index (χ3v) is 17.5. The predicted molar refractivity (Wildman–Crippen MR) is 205 cm³/mol. The number of carbonyl (C=O) groups is 2. The molecule has 53 heavy (non-hydrogen) atoms. The Hall–Kier alpha value is -2.30. The number of aromatic nitrogens is 3. The zero-order valence-electron chi connectivity index (χ0n) is 34.6. The zero-order valence-corrected chi connectivity index (χ0v) is 34.6. The third kappa shape index (κ3) is 5.63. The number of allylic oxidation sites excluding steroid dienone is 1. The lowest BCUT2D eigenvalue weighted by atomic mass is 9.34. The molecule has 1 aliphatic heterocycles. The largest absolute Gasteiger partial charge is 0.481 e. The summed E-state index contributed by atoms with van der Waals surface area (Å²) in [6.07, 6.45) is 11.3. The van der Waals surface area contributed by atoms with Crippen LogP contribution in [0.3, 0.4) is 0 Å². The summed E-state index contributed by atoms with van der Waals surface area (Å²) >= 11 is 0. The van der Waals surface area contributed by atoms with Gasteiger partial charge in [-0.2, -0.15) is 5.10 Å². The third-order valence-electron chi connectivity index (χ3n) is 17.5. The summed E-state index contributed by atoms with van der Waals surface area (Å²) in [7, 11) is 2.01. The Morgan fingerprint density at radius 3 is 2.40 bits per heavy atom. The molecule has 3 N–H and O–H groups in total. The molecule has 0 aromatic carbocycles. The first-order chi connectivity index (χ1) is 24.8. The normalized spacial score (nSPS) is 42.5. The van der Waals surface area contributed by atoms with Gasteiger partial charge in [0.15, 0.2) is 0 Å². The maximum atomic E-state index is 13.7. The van der Waals surface area contributed by atoms with E-state index in [0.717, 1.165) is 51.4 Å². The molecule has 7 rings (SSSR count). The van der Waals surface area contributed by atoms with Crippen molar-refractivity contribution >= 4 is 11.9 Å². The number of carboxylic acid groups (broad SMARTS) is 1. The van der Waals surface area contributed by atoms with Crippen LogP contribution in [0.25, 0.3) is 0 Å². The number of fused-ring (bicyclic) bond motifs is 3. The average Bonchev–Trinajstić information content (AvgIpc) is 3.77. The second-order valence-corrected chi connectivity index (χ2v) is 20.4. The summed E-state index contributed by atoms with van der Waals surface area (Å²) in [6.45, 7) is 24.6. The first-order valence-electron chi connectivity index (χ1n) is 20.8. The molecule has 12 atom stereocenters. The van der Waals surface area contributed by atoms with Gasteiger partial charge in [0, 0.05) is 22.4 Å². The first-order valence-corrected chi connectivity index (χ1v) is 20.8. The lowest BCUT2D eigenvalue weighted by Crippen LogP contribution is -2.69. The van der Waals surface area contributed by atoms with Crippen molar-refractivity contribution in [2.75, 3.05) is 26.9 Å². The van der Waals surface area contributed by atoms with Gasteiger partial charge < -0.3 is 25.2 Å². The topological polar surface area (TPSA) is 128 Å². The van der Waals surface area contributed by atoms with E-state index in [1.54, 1.807) is 0 Å². The fourth-order valence-corrected chi connectivity index (χ4v) is 13.0. The Bertz CT molecular complexity index is 1620. The predicted octanol–water partition coefficient (Wildman–Crippen LogP) is 7.32. The second kappa shape index (κ2) is 13.1. The number of likely N-dealkylation sites (N-methyl/N-ethyl adjacent to an activating group) is 1. The van der Waals surface area contributed by atoms with Crippen molar-refractivity contribution in [1.29, 1.82) is 0 Å². The summed E-state index contributed by atoms with van der Waals surface area (Å²) in [5.41, 5.74) is -0.260. The number of nitrogens with one attached hydrogen (secondary N) is 2. The second-order valence-electron chi connectivity index (χ2n) is 20.4.